The van der Waals surface area contributed by atoms with E-state index in [-0.39, 0.29) is 17.7 Å². The van der Waals surface area contributed by atoms with E-state index in [1.807, 2.05) is 27.7 Å². The molecule has 1 aliphatic heterocycles. The number of rotatable bonds is 3. The molecule has 0 aromatic rings. The molecule has 0 bridgehead atoms. The average molecular weight is 226 g/mol. The number of carbonyl (C=O) groups is 2. The van der Waals surface area contributed by atoms with Crippen LogP contribution in [0, 0.1) is 5.92 Å². The molecule has 1 fully saturated rings. The fraction of sp³-hybridized carbons (Fsp3) is 0.833. The van der Waals surface area contributed by atoms with Crippen molar-refractivity contribution in [2.75, 3.05) is 13.1 Å². The van der Waals surface area contributed by atoms with Gasteiger partial charge >= 0.3 is 0 Å². The lowest BCUT2D eigenvalue weighted by Gasteiger charge is -2.42. The predicted octanol–water partition coefficient (Wildman–Crippen LogP) is 1.16. The first-order chi connectivity index (χ1) is 7.45. The normalized spacial score (nSPS) is 19.8. The molecule has 0 aromatic carbocycles. The van der Waals surface area contributed by atoms with Crippen LogP contribution >= 0.6 is 0 Å². The number of amides is 2. The number of hydrogen-bond donors (Lipinski definition) is 1. The Morgan fingerprint density at radius 1 is 1.44 bits per heavy atom. The van der Waals surface area contributed by atoms with E-state index in [4.69, 9.17) is 0 Å². The molecule has 1 heterocycles. The molecule has 0 radical (unpaired) electrons. The van der Waals surface area contributed by atoms with E-state index in [9.17, 15) is 9.59 Å². The van der Waals surface area contributed by atoms with Gasteiger partial charge in [0.05, 0.1) is 0 Å². The molecule has 4 nitrogen and oxygen atoms in total. The minimum absolute atomic E-state index is 0.0465. The first kappa shape index (κ1) is 13.0. The summed E-state index contributed by atoms with van der Waals surface area (Å²) in [6.45, 7) is 8.83. The van der Waals surface area contributed by atoms with E-state index in [0.717, 1.165) is 12.8 Å². The Morgan fingerprint density at radius 3 is 2.50 bits per heavy atom. The van der Waals surface area contributed by atoms with Crippen molar-refractivity contribution in [1.29, 1.82) is 0 Å². The summed E-state index contributed by atoms with van der Waals surface area (Å²) in [6.07, 6.45) is 1.67. The molecule has 16 heavy (non-hydrogen) atoms. The highest BCUT2D eigenvalue weighted by molar-refractivity contribution is 5.92. The van der Waals surface area contributed by atoms with Crippen LogP contribution in [-0.4, -0.2) is 35.3 Å². The molecule has 4 heteroatoms. The lowest BCUT2D eigenvalue weighted by molar-refractivity contribution is -0.152. The number of piperazine rings is 1. The third kappa shape index (κ3) is 2.20. The second kappa shape index (κ2) is 4.85. The van der Waals surface area contributed by atoms with Gasteiger partial charge in [0.15, 0.2) is 0 Å². The van der Waals surface area contributed by atoms with Gasteiger partial charge in [-0.3, -0.25) is 9.59 Å². The van der Waals surface area contributed by atoms with E-state index in [0.29, 0.717) is 13.1 Å². The molecule has 1 saturated heterocycles. The van der Waals surface area contributed by atoms with E-state index in [1.165, 1.54) is 0 Å². The van der Waals surface area contributed by atoms with Crippen molar-refractivity contribution < 1.29 is 9.59 Å². The van der Waals surface area contributed by atoms with Gasteiger partial charge in [0.1, 0.15) is 5.54 Å². The summed E-state index contributed by atoms with van der Waals surface area (Å²) in [5.41, 5.74) is -0.710. The first-order valence-corrected chi connectivity index (χ1v) is 6.04. The molecule has 2 amide bonds. The molecule has 1 N–H and O–H groups in total. The zero-order valence-corrected chi connectivity index (χ0v) is 10.7. The zero-order valence-electron chi connectivity index (χ0n) is 10.7. The van der Waals surface area contributed by atoms with Gasteiger partial charge in [-0.15, -0.1) is 0 Å². The van der Waals surface area contributed by atoms with Gasteiger partial charge in [0, 0.05) is 19.0 Å². The monoisotopic (exact) mass is 226 g/mol. The zero-order chi connectivity index (χ0) is 12.3. The summed E-state index contributed by atoms with van der Waals surface area (Å²) in [6, 6.07) is 0. The first-order valence-electron chi connectivity index (χ1n) is 6.04. The lowest BCUT2D eigenvalue weighted by atomic mass is 9.94. The van der Waals surface area contributed by atoms with Crippen LogP contribution in [0.2, 0.25) is 0 Å². The van der Waals surface area contributed by atoms with Gasteiger partial charge in [-0.05, 0) is 26.7 Å². The molecule has 0 atom stereocenters. The summed E-state index contributed by atoms with van der Waals surface area (Å²) in [4.78, 5) is 25.7. The van der Waals surface area contributed by atoms with Gasteiger partial charge in [0.25, 0.3) is 0 Å². The smallest absolute Gasteiger partial charge is 0.245 e. The quantitative estimate of drug-likeness (QED) is 0.785. The van der Waals surface area contributed by atoms with Gasteiger partial charge in [0.2, 0.25) is 11.8 Å². The van der Waals surface area contributed by atoms with Crippen molar-refractivity contribution >= 4 is 11.8 Å². The van der Waals surface area contributed by atoms with Crippen molar-refractivity contribution in [3.8, 4) is 0 Å². The summed E-state index contributed by atoms with van der Waals surface area (Å²) in [5, 5.41) is 2.80. The Kier molecular flexibility index (Phi) is 3.94. The van der Waals surface area contributed by atoms with Gasteiger partial charge in [-0.1, -0.05) is 13.8 Å². The maximum Gasteiger partial charge on any atom is 0.245 e. The summed E-state index contributed by atoms with van der Waals surface area (Å²) in [5.74, 6) is 0.105. The third-order valence-electron chi connectivity index (χ3n) is 3.45. The second-order valence-electron chi connectivity index (χ2n) is 4.82. The highest BCUT2D eigenvalue weighted by atomic mass is 16.2. The molecule has 1 rings (SSSR count). The van der Waals surface area contributed by atoms with Gasteiger partial charge in [-0.25, -0.2) is 0 Å². The summed E-state index contributed by atoms with van der Waals surface area (Å²) < 4.78 is 0. The highest BCUT2D eigenvalue weighted by Crippen LogP contribution is 2.22. The lowest BCUT2D eigenvalue weighted by Crippen LogP contribution is -2.64. The Morgan fingerprint density at radius 2 is 2.00 bits per heavy atom. The maximum atomic E-state index is 12.3. The van der Waals surface area contributed by atoms with Crippen LogP contribution in [0.3, 0.4) is 0 Å². The predicted molar refractivity (Wildman–Crippen MR) is 62.9 cm³/mol. The number of nitrogens with zero attached hydrogens (tertiary/aromatic N) is 1. The summed E-state index contributed by atoms with van der Waals surface area (Å²) in [7, 11) is 0. The largest absolute Gasteiger partial charge is 0.352 e. The van der Waals surface area contributed by atoms with Crippen molar-refractivity contribution in [2.45, 2.75) is 46.1 Å². The molecule has 0 unspecified atom stereocenters. The minimum Gasteiger partial charge on any atom is -0.352 e. The fourth-order valence-corrected chi connectivity index (χ4v) is 2.14. The Balaban J connectivity index is 2.85. The molecular weight excluding hydrogens is 204 g/mol. The molecule has 92 valence electrons. The van der Waals surface area contributed by atoms with Crippen LogP contribution in [0.4, 0.5) is 0 Å². The van der Waals surface area contributed by atoms with Crippen LogP contribution in [0.1, 0.15) is 40.5 Å². The van der Waals surface area contributed by atoms with Crippen LogP contribution in [0.5, 0.6) is 0 Å². The van der Waals surface area contributed by atoms with Crippen LogP contribution in [0.25, 0.3) is 0 Å². The molecule has 0 aliphatic carbocycles. The molecule has 0 saturated carbocycles. The highest BCUT2D eigenvalue weighted by Gasteiger charge is 2.41. The number of hydrogen-bond acceptors (Lipinski definition) is 2. The van der Waals surface area contributed by atoms with Crippen LogP contribution in [0.15, 0.2) is 0 Å². The Labute approximate surface area is 97.4 Å². The molecular formula is C12H22N2O2. The van der Waals surface area contributed by atoms with Crippen molar-refractivity contribution in [3.05, 3.63) is 0 Å². The topological polar surface area (TPSA) is 49.4 Å². The van der Waals surface area contributed by atoms with Gasteiger partial charge in [-0.2, -0.15) is 0 Å². The van der Waals surface area contributed by atoms with Crippen molar-refractivity contribution in [1.82, 2.24) is 10.2 Å². The van der Waals surface area contributed by atoms with Gasteiger partial charge < -0.3 is 10.2 Å². The summed E-state index contributed by atoms with van der Waals surface area (Å²) >= 11 is 0. The van der Waals surface area contributed by atoms with E-state index >= 15 is 0 Å². The third-order valence-corrected chi connectivity index (χ3v) is 3.45. The number of carbonyl (C=O) groups excluding carboxylic acids is 2. The second-order valence-corrected chi connectivity index (χ2v) is 4.82. The fourth-order valence-electron chi connectivity index (χ4n) is 2.14. The van der Waals surface area contributed by atoms with E-state index in [2.05, 4.69) is 5.32 Å². The number of nitrogens with one attached hydrogen (secondary N) is 1. The molecule has 0 aromatic heterocycles. The van der Waals surface area contributed by atoms with Crippen LogP contribution < -0.4 is 5.32 Å². The van der Waals surface area contributed by atoms with Crippen LogP contribution in [-0.2, 0) is 9.59 Å². The minimum atomic E-state index is -0.710. The van der Waals surface area contributed by atoms with E-state index < -0.39 is 5.54 Å². The molecule has 0 spiro atoms. The Hall–Kier alpha value is -1.06. The standard InChI is InChI=1S/C12H22N2O2/c1-5-9(6-2)10(15)14-8-7-13-11(16)12(14,3)4/h9H,5-8H2,1-4H3,(H,13,16). The van der Waals surface area contributed by atoms with Crippen molar-refractivity contribution in [3.63, 3.8) is 0 Å². The SMILES string of the molecule is CCC(CC)C(=O)N1CCNC(=O)C1(C)C. The average Bonchev–Trinajstić information content (AvgIpc) is 2.23. The van der Waals surface area contributed by atoms with Crippen molar-refractivity contribution in [2.24, 2.45) is 5.92 Å². The Bertz CT molecular complexity index is 283. The van der Waals surface area contributed by atoms with E-state index in [1.54, 1.807) is 4.90 Å². The molecule has 1 aliphatic rings. The maximum absolute atomic E-state index is 12.3.